The van der Waals surface area contributed by atoms with Crippen molar-refractivity contribution in [2.24, 2.45) is 22.2 Å². The van der Waals surface area contributed by atoms with E-state index in [-0.39, 0.29) is 30.0 Å². The molecule has 1 saturated carbocycles. The zero-order valence-electron chi connectivity index (χ0n) is 16.8. The number of nitroso groups, excluding NO2 is 1. The summed E-state index contributed by atoms with van der Waals surface area (Å²) in [6, 6.07) is 4.26. The van der Waals surface area contributed by atoms with E-state index in [9.17, 15) is 22.9 Å². The number of amides is 1. The smallest absolute Gasteiger partial charge is 0.385 e. The van der Waals surface area contributed by atoms with E-state index in [1.165, 1.54) is 6.07 Å². The van der Waals surface area contributed by atoms with Gasteiger partial charge in [0.05, 0.1) is 5.56 Å². The molecule has 2 rings (SSSR count). The molecular weight excluding hydrogens is 383 g/mol. The van der Waals surface area contributed by atoms with Gasteiger partial charge in [0.2, 0.25) is 0 Å². The molecule has 160 valence electrons. The van der Waals surface area contributed by atoms with Crippen LogP contribution in [0.15, 0.2) is 35.7 Å². The van der Waals surface area contributed by atoms with E-state index in [1.807, 2.05) is 0 Å². The Morgan fingerprint density at radius 3 is 2.66 bits per heavy atom. The number of hydrogen-bond donors (Lipinski definition) is 2. The minimum Gasteiger partial charge on any atom is -0.385 e. The number of halogens is 3. The lowest BCUT2D eigenvalue weighted by atomic mass is 9.93. The van der Waals surface area contributed by atoms with Crippen LogP contribution >= 0.6 is 0 Å². The second-order valence-corrected chi connectivity index (χ2v) is 8.26. The molecule has 0 saturated heterocycles. The summed E-state index contributed by atoms with van der Waals surface area (Å²) in [6.07, 6.45) is -2.08. The number of rotatable bonds is 10. The van der Waals surface area contributed by atoms with Gasteiger partial charge in [0.15, 0.2) is 0 Å². The molecule has 3 unspecified atom stereocenters. The number of alkyl halides is 3. The molecule has 8 heteroatoms. The Hall–Kier alpha value is -2.22. The van der Waals surface area contributed by atoms with E-state index >= 15 is 0 Å². The highest BCUT2D eigenvalue weighted by Crippen LogP contribution is 2.48. The number of hydrogen-bond acceptors (Lipinski definition) is 4. The second-order valence-electron chi connectivity index (χ2n) is 8.26. The third-order valence-corrected chi connectivity index (χ3v) is 5.72. The van der Waals surface area contributed by atoms with Crippen LogP contribution < -0.4 is 11.1 Å². The maximum Gasteiger partial charge on any atom is 0.416 e. The summed E-state index contributed by atoms with van der Waals surface area (Å²) in [5, 5.41) is 5.51. The van der Waals surface area contributed by atoms with E-state index in [2.05, 4.69) is 24.0 Å². The van der Waals surface area contributed by atoms with Gasteiger partial charge in [-0.3, -0.25) is 4.79 Å². The summed E-state index contributed by atoms with van der Waals surface area (Å²) in [7, 11) is 0. The highest BCUT2D eigenvalue weighted by Gasteiger charge is 2.47. The van der Waals surface area contributed by atoms with E-state index in [4.69, 9.17) is 5.73 Å². The van der Waals surface area contributed by atoms with Crippen molar-refractivity contribution in [3.63, 3.8) is 0 Å². The predicted molar refractivity (Wildman–Crippen MR) is 106 cm³/mol. The van der Waals surface area contributed by atoms with Crippen LogP contribution in [-0.2, 0) is 23.9 Å². The summed E-state index contributed by atoms with van der Waals surface area (Å²) in [6.45, 7) is 7.83. The molecule has 1 aromatic rings. The highest BCUT2D eigenvalue weighted by molar-refractivity contribution is 5.78. The van der Waals surface area contributed by atoms with Crippen LogP contribution in [0.5, 0.6) is 0 Å². The van der Waals surface area contributed by atoms with Gasteiger partial charge in [-0.15, -0.1) is 4.91 Å². The number of benzene rings is 1. The number of nitrogens with two attached hydrogens (primary N) is 1. The Balaban J connectivity index is 2.09. The SMILES string of the molecule is C=C(CC1(C)CC1N)NCc1cccc(C(F)(F)F)c1CCCC(C)C(=O)N=O. The molecule has 1 amide bonds. The number of allylic oxidation sites excluding steroid dienone is 1. The molecule has 0 aromatic heterocycles. The van der Waals surface area contributed by atoms with Crippen molar-refractivity contribution in [2.75, 3.05) is 0 Å². The van der Waals surface area contributed by atoms with Crippen LogP contribution in [0.3, 0.4) is 0 Å². The minimum atomic E-state index is -4.47. The van der Waals surface area contributed by atoms with Gasteiger partial charge in [-0.2, -0.15) is 13.2 Å². The van der Waals surface area contributed by atoms with Crippen LogP contribution in [0.1, 0.15) is 56.2 Å². The number of carbonyl (C=O) groups is 1. The molecule has 3 atom stereocenters. The summed E-state index contributed by atoms with van der Waals surface area (Å²) in [4.78, 5) is 21.6. The van der Waals surface area contributed by atoms with Crippen LogP contribution in [-0.4, -0.2) is 11.9 Å². The Bertz CT molecular complexity index is 779. The summed E-state index contributed by atoms with van der Waals surface area (Å²) < 4.78 is 40.5. The molecule has 0 aliphatic heterocycles. The fraction of sp³-hybridized carbons (Fsp3) is 0.571. The van der Waals surface area contributed by atoms with Crippen LogP contribution in [0.25, 0.3) is 0 Å². The van der Waals surface area contributed by atoms with Gasteiger partial charge < -0.3 is 11.1 Å². The van der Waals surface area contributed by atoms with Crippen molar-refractivity contribution in [3.05, 3.63) is 52.1 Å². The first-order valence-corrected chi connectivity index (χ1v) is 9.70. The zero-order chi connectivity index (χ0) is 21.8. The zero-order valence-corrected chi connectivity index (χ0v) is 16.8. The van der Waals surface area contributed by atoms with Crippen molar-refractivity contribution in [2.45, 2.75) is 64.7 Å². The first kappa shape index (κ1) is 23.1. The van der Waals surface area contributed by atoms with Gasteiger partial charge in [0, 0.05) is 29.4 Å². The number of nitrogens with zero attached hydrogens (tertiary/aromatic N) is 1. The molecule has 1 aliphatic rings. The van der Waals surface area contributed by atoms with Gasteiger partial charge in [-0.05, 0) is 54.7 Å². The van der Waals surface area contributed by atoms with Crippen LogP contribution in [0, 0.1) is 16.2 Å². The fourth-order valence-electron chi connectivity index (χ4n) is 3.58. The van der Waals surface area contributed by atoms with E-state index in [0.29, 0.717) is 24.8 Å². The van der Waals surface area contributed by atoms with Crippen LogP contribution in [0.4, 0.5) is 13.2 Å². The van der Waals surface area contributed by atoms with E-state index < -0.39 is 23.6 Å². The highest BCUT2D eigenvalue weighted by atomic mass is 19.4. The molecule has 5 nitrogen and oxygen atoms in total. The molecule has 1 aliphatic carbocycles. The molecular formula is C21H28F3N3O2. The Kier molecular flexibility index (Phi) is 7.21. The number of nitrogens with one attached hydrogen (secondary N) is 1. The number of carbonyl (C=O) groups excluding carboxylic acids is 1. The predicted octanol–water partition coefficient (Wildman–Crippen LogP) is 4.69. The van der Waals surface area contributed by atoms with E-state index in [0.717, 1.165) is 18.2 Å². The lowest BCUT2D eigenvalue weighted by Gasteiger charge is -2.20. The Labute approximate surface area is 168 Å². The lowest BCUT2D eigenvalue weighted by molar-refractivity contribution is -0.138. The van der Waals surface area contributed by atoms with Crippen molar-refractivity contribution in [3.8, 4) is 0 Å². The third kappa shape index (κ3) is 6.13. The quantitative estimate of drug-likeness (QED) is 0.547. The molecule has 3 N–H and O–H groups in total. The molecule has 1 aromatic carbocycles. The molecule has 0 heterocycles. The first-order chi connectivity index (χ1) is 13.5. The van der Waals surface area contributed by atoms with Crippen molar-refractivity contribution < 1.29 is 18.0 Å². The maximum absolute atomic E-state index is 13.5. The average Bonchev–Trinajstić information content (AvgIpc) is 3.23. The van der Waals surface area contributed by atoms with Gasteiger partial charge >= 0.3 is 6.18 Å². The van der Waals surface area contributed by atoms with Gasteiger partial charge in [-0.1, -0.05) is 32.6 Å². The van der Waals surface area contributed by atoms with Crippen molar-refractivity contribution >= 4 is 5.91 Å². The lowest BCUT2D eigenvalue weighted by Crippen LogP contribution is -2.20. The standard InChI is InChI=1S/C21H28F3N3O2/c1-13(19(28)27-29)6-4-8-16-15(7-5-9-17(16)21(22,23)24)12-26-14(2)10-20(3)11-18(20)25/h5,7,9,13,18,26H,2,4,6,8,10-12,25H2,1,3H3. The van der Waals surface area contributed by atoms with Crippen molar-refractivity contribution in [1.29, 1.82) is 0 Å². The molecule has 0 radical (unpaired) electrons. The van der Waals surface area contributed by atoms with Crippen LogP contribution in [0.2, 0.25) is 0 Å². The monoisotopic (exact) mass is 411 g/mol. The summed E-state index contributed by atoms with van der Waals surface area (Å²) in [5.74, 6) is -1.38. The normalized spacial score (nSPS) is 22.1. The first-order valence-electron chi connectivity index (χ1n) is 9.70. The average molecular weight is 411 g/mol. The molecule has 1 fully saturated rings. The Morgan fingerprint density at radius 1 is 1.45 bits per heavy atom. The molecule has 29 heavy (non-hydrogen) atoms. The molecule has 0 spiro atoms. The topological polar surface area (TPSA) is 84.5 Å². The third-order valence-electron chi connectivity index (χ3n) is 5.72. The second kappa shape index (κ2) is 9.07. The van der Waals surface area contributed by atoms with Gasteiger partial charge in [0.1, 0.15) is 0 Å². The van der Waals surface area contributed by atoms with Crippen molar-refractivity contribution in [1.82, 2.24) is 5.32 Å². The molecule has 0 bridgehead atoms. The van der Waals surface area contributed by atoms with Gasteiger partial charge in [-0.25, -0.2) is 0 Å². The van der Waals surface area contributed by atoms with Gasteiger partial charge in [0.25, 0.3) is 5.91 Å². The Morgan fingerprint density at radius 2 is 2.10 bits per heavy atom. The minimum absolute atomic E-state index is 0.00994. The summed E-state index contributed by atoms with van der Waals surface area (Å²) >= 11 is 0. The largest absolute Gasteiger partial charge is 0.416 e. The fourth-order valence-corrected chi connectivity index (χ4v) is 3.58. The maximum atomic E-state index is 13.5. The summed E-state index contributed by atoms with van der Waals surface area (Å²) in [5.41, 5.74) is 6.74. The van der Waals surface area contributed by atoms with E-state index in [1.54, 1.807) is 13.0 Å².